The van der Waals surface area contributed by atoms with Crippen molar-refractivity contribution in [3.63, 3.8) is 0 Å². The number of primary amides is 1. The standard InChI is InChI=1S/C6H6BClN2O/c1-2-4(8)3(7)5(10-2)6(9)11/h10H,1H3,(H2,9,11). The van der Waals surface area contributed by atoms with Crippen LogP contribution in [0.1, 0.15) is 16.2 Å². The van der Waals surface area contributed by atoms with Crippen LogP contribution in [0.25, 0.3) is 0 Å². The summed E-state index contributed by atoms with van der Waals surface area (Å²) in [6, 6.07) is 0. The Hall–Kier alpha value is -0.895. The predicted octanol–water partition coefficient (Wildman–Crippen LogP) is -0.131. The summed E-state index contributed by atoms with van der Waals surface area (Å²) in [5.41, 5.74) is 6.03. The molecular formula is C6H6BClN2O. The van der Waals surface area contributed by atoms with Crippen LogP contribution >= 0.6 is 11.6 Å². The first kappa shape index (κ1) is 8.20. The molecule has 5 heteroatoms. The first-order chi connectivity index (χ1) is 5.04. The highest BCUT2D eigenvalue weighted by Gasteiger charge is 2.11. The van der Waals surface area contributed by atoms with Crippen molar-refractivity contribution < 1.29 is 4.79 Å². The van der Waals surface area contributed by atoms with Crippen molar-refractivity contribution in [1.29, 1.82) is 0 Å². The van der Waals surface area contributed by atoms with E-state index in [1.54, 1.807) is 6.92 Å². The Morgan fingerprint density at radius 1 is 1.73 bits per heavy atom. The van der Waals surface area contributed by atoms with Crippen molar-refractivity contribution in [3.05, 3.63) is 16.4 Å². The summed E-state index contributed by atoms with van der Waals surface area (Å²) in [7, 11) is 5.44. The Kier molecular flexibility index (Phi) is 1.96. The molecule has 0 aliphatic heterocycles. The second kappa shape index (κ2) is 2.62. The minimum Gasteiger partial charge on any atom is -0.364 e. The monoisotopic (exact) mass is 168 g/mol. The van der Waals surface area contributed by atoms with Gasteiger partial charge < -0.3 is 10.7 Å². The second-order valence-corrected chi connectivity index (χ2v) is 2.59. The van der Waals surface area contributed by atoms with E-state index < -0.39 is 5.91 Å². The molecule has 0 aromatic carbocycles. The normalized spacial score (nSPS) is 10.0. The van der Waals surface area contributed by atoms with Gasteiger partial charge in [0, 0.05) is 5.69 Å². The van der Waals surface area contributed by atoms with Gasteiger partial charge in [-0.3, -0.25) is 4.79 Å². The first-order valence-electron chi connectivity index (χ1n) is 2.97. The van der Waals surface area contributed by atoms with Crippen LogP contribution in [-0.2, 0) is 0 Å². The number of carbonyl (C=O) groups is 1. The van der Waals surface area contributed by atoms with Crippen LogP contribution in [-0.4, -0.2) is 18.7 Å². The van der Waals surface area contributed by atoms with Crippen LogP contribution in [0.15, 0.2) is 0 Å². The molecule has 3 N–H and O–H groups in total. The van der Waals surface area contributed by atoms with Crippen LogP contribution in [0.3, 0.4) is 0 Å². The van der Waals surface area contributed by atoms with Crippen LogP contribution in [0, 0.1) is 6.92 Å². The number of nitrogens with two attached hydrogens (primary N) is 1. The number of H-pyrrole nitrogens is 1. The highest BCUT2D eigenvalue weighted by atomic mass is 35.5. The summed E-state index contributed by atoms with van der Waals surface area (Å²) in [4.78, 5) is 13.3. The van der Waals surface area contributed by atoms with Gasteiger partial charge in [-0.05, 0) is 12.4 Å². The molecular weight excluding hydrogens is 162 g/mol. The number of rotatable bonds is 1. The summed E-state index contributed by atoms with van der Waals surface area (Å²) in [5.74, 6) is -0.600. The largest absolute Gasteiger partial charge is 0.364 e. The van der Waals surface area contributed by atoms with E-state index in [0.717, 1.165) is 0 Å². The van der Waals surface area contributed by atoms with E-state index in [0.29, 0.717) is 10.7 Å². The van der Waals surface area contributed by atoms with E-state index in [-0.39, 0.29) is 11.2 Å². The Bertz CT molecular complexity index is 308. The van der Waals surface area contributed by atoms with Gasteiger partial charge in [0.25, 0.3) is 5.91 Å². The molecule has 0 fully saturated rings. The maximum Gasteiger partial charge on any atom is 0.264 e. The molecule has 11 heavy (non-hydrogen) atoms. The summed E-state index contributed by atoms with van der Waals surface area (Å²) in [6.07, 6.45) is 0. The first-order valence-corrected chi connectivity index (χ1v) is 3.35. The van der Waals surface area contributed by atoms with E-state index in [2.05, 4.69) is 4.98 Å². The van der Waals surface area contributed by atoms with Crippen LogP contribution < -0.4 is 11.2 Å². The fourth-order valence-corrected chi connectivity index (χ4v) is 0.958. The number of aromatic nitrogens is 1. The summed E-state index contributed by atoms with van der Waals surface area (Å²) >= 11 is 5.68. The van der Waals surface area contributed by atoms with Crippen LogP contribution in [0.5, 0.6) is 0 Å². The third-order valence-corrected chi connectivity index (χ3v) is 1.88. The van der Waals surface area contributed by atoms with Gasteiger partial charge in [0.1, 0.15) is 7.85 Å². The lowest BCUT2D eigenvalue weighted by Gasteiger charge is -1.90. The highest BCUT2D eigenvalue weighted by Crippen LogP contribution is 2.11. The third kappa shape index (κ3) is 1.26. The van der Waals surface area contributed by atoms with Crippen LogP contribution in [0.2, 0.25) is 5.02 Å². The molecule has 1 aromatic heterocycles. The van der Waals surface area contributed by atoms with E-state index in [4.69, 9.17) is 25.2 Å². The lowest BCUT2D eigenvalue weighted by Crippen LogP contribution is -2.20. The van der Waals surface area contributed by atoms with Gasteiger partial charge in [0.2, 0.25) is 0 Å². The lowest BCUT2D eigenvalue weighted by molar-refractivity contribution is 0.0997. The average molecular weight is 168 g/mol. The quantitative estimate of drug-likeness (QED) is 0.564. The lowest BCUT2D eigenvalue weighted by atomic mass is 9.96. The Morgan fingerprint density at radius 3 is 2.45 bits per heavy atom. The molecule has 0 aliphatic rings. The molecule has 0 aliphatic carbocycles. The molecule has 0 saturated carbocycles. The molecule has 3 nitrogen and oxygen atoms in total. The molecule has 56 valence electrons. The minimum atomic E-state index is -0.600. The van der Waals surface area contributed by atoms with Crippen molar-refractivity contribution in [2.75, 3.05) is 0 Å². The molecule has 0 spiro atoms. The smallest absolute Gasteiger partial charge is 0.264 e. The summed E-state index contributed by atoms with van der Waals surface area (Å²) in [6.45, 7) is 1.71. The number of hydrogen-bond donors (Lipinski definition) is 2. The molecule has 0 saturated heterocycles. The van der Waals surface area contributed by atoms with Gasteiger partial charge in [-0.1, -0.05) is 11.6 Å². The number of halogens is 1. The molecule has 1 rings (SSSR count). The van der Waals surface area contributed by atoms with Crippen molar-refractivity contribution >= 4 is 30.8 Å². The Balaban J connectivity index is 3.29. The van der Waals surface area contributed by atoms with Crippen LogP contribution in [0.4, 0.5) is 0 Å². The van der Waals surface area contributed by atoms with Gasteiger partial charge in [-0.25, -0.2) is 0 Å². The highest BCUT2D eigenvalue weighted by molar-refractivity contribution is 6.47. The number of amides is 1. The molecule has 0 unspecified atom stereocenters. The van der Waals surface area contributed by atoms with Gasteiger partial charge in [-0.2, -0.15) is 0 Å². The summed E-state index contributed by atoms with van der Waals surface area (Å²) < 4.78 is 0. The number of hydrogen-bond acceptors (Lipinski definition) is 1. The molecule has 1 aromatic rings. The predicted molar refractivity (Wildman–Crippen MR) is 44.4 cm³/mol. The number of aromatic amines is 1. The van der Waals surface area contributed by atoms with Gasteiger partial charge in [0.05, 0.1) is 10.7 Å². The zero-order valence-electron chi connectivity index (χ0n) is 5.94. The van der Waals surface area contributed by atoms with E-state index >= 15 is 0 Å². The van der Waals surface area contributed by atoms with Gasteiger partial charge in [-0.15, -0.1) is 0 Å². The molecule has 1 amide bonds. The minimum absolute atomic E-state index is 0.174. The topological polar surface area (TPSA) is 58.9 Å². The second-order valence-electron chi connectivity index (χ2n) is 2.22. The van der Waals surface area contributed by atoms with E-state index in [1.165, 1.54) is 0 Å². The van der Waals surface area contributed by atoms with Gasteiger partial charge in [0.15, 0.2) is 0 Å². The molecule has 2 radical (unpaired) electrons. The van der Waals surface area contributed by atoms with Crippen molar-refractivity contribution in [2.45, 2.75) is 6.92 Å². The van der Waals surface area contributed by atoms with Crippen molar-refractivity contribution in [3.8, 4) is 0 Å². The third-order valence-electron chi connectivity index (χ3n) is 1.39. The summed E-state index contributed by atoms with van der Waals surface area (Å²) in [5, 5.41) is 0.360. The Morgan fingerprint density at radius 2 is 2.27 bits per heavy atom. The number of aryl methyl sites for hydroxylation is 1. The maximum atomic E-state index is 10.6. The average Bonchev–Trinajstić information content (AvgIpc) is 2.17. The zero-order valence-corrected chi connectivity index (χ0v) is 6.70. The van der Waals surface area contributed by atoms with E-state index in [9.17, 15) is 4.79 Å². The van der Waals surface area contributed by atoms with Gasteiger partial charge >= 0.3 is 0 Å². The van der Waals surface area contributed by atoms with Crippen molar-refractivity contribution in [2.24, 2.45) is 5.73 Å². The Labute approximate surface area is 70.3 Å². The molecule has 0 bridgehead atoms. The maximum absolute atomic E-state index is 10.6. The molecule has 1 heterocycles. The van der Waals surface area contributed by atoms with E-state index in [1.807, 2.05) is 0 Å². The molecule has 0 atom stereocenters. The van der Waals surface area contributed by atoms with Crippen molar-refractivity contribution in [1.82, 2.24) is 4.98 Å². The number of carbonyl (C=O) groups excluding carboxylic acids is 1. The zero-order chi connectivity index (χ0) is 8.59. The SMILES string of the molecule is [B]c1c(C(N)=O)[nH]c(C)c1Cl. The fourth-order valence-electron chi connectivity index (χ4n) is 0.816. The number of nitrogens with one attached hydrogen (secondary N) is 1. The fraction of sp³-hybridized carbons (Fsp3) is 0.167.